The highest BCUT2D eigenvalue weighted by molar-refractivity contribution is 7.99. The molecule has 2 aromatic carbocycles. The summed E-state index contributed by atoms with van der Waals surface area (Å²) in [5.74, 6) is 3.32. The van der Waals surface area contributed by atoms with Crippen molar-refractivity contribution < 1.29 is 9.47 Å². The van der Waals surface area contributed by atoms with Crippen molar-refractivity contribution in [1.29, 1.82) is 0 Å². The van der Waals surface area contributed by atoms with Crippen LogP contribution in [-0.4, -0.2) is 20.0 Å². The molecule has 132 valence electrons. The summed E-state index contributed by atoms with van der Waals surface area (Å²) >= 11 is 1.94. The molecule has 0 spiro atoms. The third-order valence-corrected chi connectivity index (χ3v) is 6.77. The molecular weight excluding hydrogens is 328 g/mol. The first kappa shape index (κ1) is 17.9. The van der Waals surface area contributed by atoms with Crippen LogP contribution in [0.2, 0.25) is 0 Å². The van der Waals surface area contributed by atoms with Gasteiger partial charge in [0.1, 0.15) is 11.5 Å². The van der Waals surface area contributed by atoms with E-state index in [0.29, 0.717) is 5.92 Å². The Labute approximate surface area is 155 Å². The van der Waals surface area contributed by atoms with E-state index < -0.39 is 0 Å². The van der Waals surface area contributed by atoms with Crippen LogP contribution in [0.25, 0.3) is 0 Å². The molecule has 0 fully saturated rings. The number of hydrogen-bond acceptors (Lipinski definition) is 3. The molecule has 0 radical (unpaired) electrons. The van der Waals surface area contributed by atoms with Crippen molar-refractivity contribution >= 4 is 11.8 Å². The van der Waals surface area contributed by atoms with Gasteiger partial charge in [0.05, 0.1) is 14.2 Å². The summed E-state index contributed by atoms with van der Waals surface area (Å²) in [5, 5.41) is 0. The highest BCUT2D eigenvalue weighted by atomic mass is 32.2. The Morgan fingerprint density at radius 1 is 1.12 bits per heavy atom. The molecule has 0 bridgehead atoms. The van der Waals surface area contributed by atoms with Gasteiger partial charge in [-0.25, -0.2) is 0 Å². The van der Waals surface area contributed by atoms with Crippen LogP contribution >= 0.6 is 11.8 Å². The fraction of sp³-hybridized carbons (Fsp3) is 0.364. The molecule has 1 unspecified atom stereocenters. The monoisotopic (exact) mass is 354 g/mol. The largest absolute Gasteiger partial charge is 0.497 e. The number of ether oxygens (including phenoxy) is 2. The van der Waals surface area contributed by atoms with Gasteiger partial charge in [-0.1, -0.05) is 31.2 Å². The van der Waals surface area contributed by atoms with Gasteiger partial charge in [-0.2, -0.15) is 0 Å². The third-order valence-electron chi connectivity index (χ3n) is 5.45. The summed E-state index contributed by atoms with van der Waals surface area (Å²) in [6.07, 6.45) is 4.12. The fourth-order valence-electron chi connectivity index (χ4n) is 3.94. The van der Waals surface area contributed by atoms with Crippen molar-refractivity contribution in [3.8, 4) is 11.5 Å². The lowest BCUT2D eigenvalue weighted by molar-refractivity contribution is 0.358. The van der Waals surface area contributed by atoms with E-state index in [-0.39, 0.29) is 5.41 Å². The SMILES string of the molecule is C=CCC1c2ccc(OC)cc2SC[C@]1(CC)c1ccc(OC)cc1. The van der Waals surface area contributed by atoms with Crippen LogP contribution in [0, 0.1) is 0 Å². The van der Waals surface area contributed by atoms with Gasteiger partial charge in [0.25, 0.3) is 0 Å². The maximum absolute atomic E-state index is 5.42. The molecule has 0 aliphatic carbocycles. The number of fused-ring (bicyclic) bond motifs is 1. The summed E-state index contributed by atoms with van der Waals surface area (Å²) < 4.78 is 10.8. The topological polar surface area (TPSA) is 18.5 Å². The maximum Gasteiger partial charge on any atom is 0.119 e. The zero-order valence-corrected chi connectivity index (χ0v) is 16.1. The standard InChI is InChI=1S/C22H26O2S/c1-5-7-20-19-13-12-18(24-4)14-21(19)25-15-22(20,6-2)16-8-10-17(23-3)11-9-16/h5,8-14,20H,1,6-7,15H2,2-4H3/t20?,22-/m1/s1. The lowest BCUT2D eigenvalue weighted by atomic mass is 9.65. The Kier molecular flexibility index (Phi) is 5.43. The molecule has 3 rings (SSSR count). The second-order valence-electron chi connectivity index (χ2n) is 6.51. The Morgan fingerprint density at radius 2 is 1.80 bits per heavy atom. The van der Waals surface area contributed by atoms with Crippen LogP contribution < -0.4 is 9.47 Å². The number of rotatable bonds is 6. The van der Waals surface area contributed by atoms with E-state index >= 15 is 0 Å². The van der Waals surface area contributed by atoms with E-state index in [1.54, 1.807) is 14.2 Å². The molecule has 25 heavy (non-hydrogen) atoms. The quantitative estimate of drug-likeness (QED) is 0.609. The zero-order chi connectivity index (χ0) is 17.9. The van der Waals surface area contributed by atoms with Gasteiger partial charge >= 0.3 is 0 Å². The molecule has 1 aliphatic heterocycles. The van der Waals surface area contributed by atoms with Crippen molar-refractivity contribution in [1.82, 2.24) is 0 Å². The molecule has 2 nitrogen and oxygen atoms in total. The summed E-state index contributed by atoms with van der Waals surface area (Å²) in [5.41, 5.74) is 2.90. The first-order valence-corrected chi connectivity index (χ1v) is 9.73. The molecular formula is C22H26O2S. The first-order valence-electron chi connectivity index (χ1n) is 8.74. The Hall–Kier alpha value is -1.87. The number of methoxy groups -OCH3 is 2. The average molecular weight is 355 g/mol. The van der Waals surface area contributed by atoms with Crippen molar-refractivity contribution in [3.05, 3.63) is 66.2 Å². The predicted molar refractivity (Wildman–Crippen MR) is 106 cm³/mol. The fourth-order valence-corrected chi connectivity index (χ4v) is 5.50. The first-order chi connectivity index (χ1) is 12.2. The molecule has 1 heterocycles. The summed E-state index contributed by atoms with van der Waals surface area (Å²) in [7, 11) is 3.44. The minimum atomic E-state index is 0.104. The van der Waals surface area contributed by atoms with E-state index in [4.69, 9.17) is 9.47 Å². The Bertz CT molecular complexity index is 738. The van der Waals surface area contributed by atoms with Crippen LogP contribution in [-0.2, 0) is 5.41 Å². The van der Waals surface area contributed by atoms with Crippen LogP contribution in [0.4, 0.5) is 0 Å². The zero-order valence-electron chi connectivity index (χ0n) is 15.2. The second kappa shape index (κ2) is 7.57. The average Bonchev–Trinajstić information content (AvgIpc) is 2.68. The maximum atomic E-state index is 5.42. The molecule has 0 N–H and O–H groups in total. The van der Waals surface area contributed by atoms with Crippen molar-refractivity contribution in [2.45, 2.75) is 36.0 Å². The summed E-state index contributed by atoms with van der Waals surface area (Å²) in [6, 6.07) is 15.1. The van der Waals surface area contributed by atoms with E-state index in [9.17, 15) is 0 Å². The molecule has 2 aromatic rings. The van der Waals surface area contributed by atoms with Gasteiger partial charge in [-0.15, -0.1) is 18.3 Å². The normalized spacial score (nSPS) is 22.1. The molecule has 1 aliphatic rings. The lowest BCUT2D eigenvalue weighted by Gasteiger charge is -2.45. The molecule has 0 saturated carbocycles. The van der Waals surface area contributed by atoms with Gasteiger partial charge in [0.15, 0.2) is 0 Å². The minimum absolute atomic E-state index is 0.104. The van der Waals surface area contributed by atoms with Crippen LogP contribution in [0.3, 0.4) is 0 Å². The van der Waals surface area contributed by atoms with Gasteiger partial charge in [0.2, 0.25) is 0 Å². The number of thioether (sulfide) groups is 1. The summed E-state index contributed by atoms with van der Waals surface area (Å²) in [4.78, 5) is 1.34. The van der Waals surface area contributed by atoms with Crippen molar-refractivity contribution in [2.24, 2.45) is 0 Å². The molecule has 3 heteroatoms. The van der Waals surface area contributed by atoms with E-state index in [1.165, 1.54) is 16.0 Å². The highest BCUT2D eigenvalue weighted by Crippen LogP contribution is 2.54. The lowest BCUT2D eigenvalue weighted by Crippen LogP contribution is -2.38. The van der Waals surface area contributed by atoms with Crippen LogP contribution in [0.5, 0.6) is 11.5 Å². The van der Waals surface area contributed by atoms with Crippen molar-refractivity contribution in [2.75, 3.05) is 20.0 Å². The van der Waals surface area contributed by atoms with Gasteiger partial charge in [-0.05, 0) is 54.2 Å². The Morgan fingerprint density at radius 3 is 2.40 bits per heavy atom. The van der Waals surface area contributed by atoms with Crippen molar-refractivity contribution in [3.63, 3.8) is 0 Å². The molecule has 0 aromatic heterocycles. The smallest absolute Gasteiger partial charge is 0.119 e. The number of hydrogen-bond donors (Lipinski definition) is 0. The third kappa shape index (κ3) is 3.18. The molecule has 2 atom stereocenters. The molecule has 0 amide bonds. The van der Waals surface area contributed by atoms with Crippen LogP contribution in [0.1, 0.15) is 36.8 Å². The van der Waals surface area contributed by atoms with E-state index in [2.05, 4.69) is 62.0 Å². The van der Waals surface area contributed by atoms with Gasteiger partial charge in [0, 0.05) is 16.1 Å². The second-order valence-corrected chi connectivity index (χ2v) is 7.52. The highest BCUT2D eigenvalue weighted by Gasteiger charge is 2.43. The van der Waals surface area contributed by atoms with E-state index in [0.717, 1.165) is 30.1 Å². The van der Waals surface area contributed by atoms with Crippen LogP contribution in [0.15, 0.2) is 60.0 Å². The predicted octanol–water partition coefficient (Wildman–Crippen LogP) is 5.82. The van der Waals surface area contributed by atoms with E-state index in [1.807, 2.05) is 11.8 Å². The molecule has 0 saturated heterocycles. The summed E-state index contributed by atoms with van der Waals surface area (Å²) in [6.45, 7) is 6.33. The Balaban J connectivity index is 2.09. The van der Waals surface area contributed by atoms with Gasteiger partial charge < -0.3 is 9.47 Å². The van der Waals surface area contributed by atoms with Gasteiger partial charge in [-0.3, -0.25) is 0 Å². The number of benzene rings is 2. The number of allylic oxidation sites excluding steroid dienone is 1. The minimum Gasteiger partial charge on any atom is -0.497 e.